The second kappa shape index (κ2) is 6.45. The van der Waals surface area contributed by atoms with Crippen LogP contribution < -0.4 is 4.74 Å². The van der Waals surface area contributed by atoms with E-state index in [9.17, 15) is 9.90 Å². The Balaban J connectivity index is 2.44. The fraction of sp³-hybridized carbons (Fsp3) is 0.333. The van der Waals surface area contributed by atoms with E-state index in [1.165, 1.54) is 11.3 Å². The Labute approximate surface area is 132 Å². The second-order valence-corrected chi connectivity index (χ2v) is 6.45. The lowest BCUT2D eigenvalue weighted by Crippen LogP contribution is -2.02. The van der Waals surface area contributed by atoms with Gasteiger partial charge in [0.25, 0.3) is 0 Å². The zero-order valence-electron chi connectivity index (χ0n) is 12.0. The van der Waals surface area contributed by atoms with Crippen molar-refractivity contribution < 1.29 is 14.6 Å². The van der Waals surface area contributed by atoms with E-state index in [2.05, 4.69) is 4.98 Å². The molecule has 1 aromatic heterocycles. The van der Waals surface area contributed by atoms with Crippen molar-refractivity contribution in [2.24, 2.45) is 5.92 Å². The van der Waals surface area contributed by atoms with E-state index in [4.69, 9.17) is 16.3 Å². The number of benzene rings is 1. The number of ether oxygens (including phenoxy) is 1. The van der Waals surface area contributed by atoms with Crippen LogP contribution in [0.4, 0.5) is 0 Å². The normalized spacial score (nSPS) is 10.9. The van der Waals surface area contributed by atoms with Gasteiger partial charge in [-0.15, -0.1) is 11.3 Å². The molecule has 0 aliphatic rings. The number of rotatable bonds is 5. The highest BCUT2D eigenvalue weighted by Gasteiger charge is 2.19. The van der Waals surface area contributed by atoms with Gasteiger partial charge in [0.1, 0.15) is 15.6 Å². The molecule has 0 aliphatic carbocycles. The summed E-state index contributed by atoms with van der Waals surface area (Å²) < 4.78 is 5.11. The molecule has 2 rings (SSSR count). The van der Waals surface area contributed by atoms with Gasteiger partial charge >= 0.3 is 5.97 Å². The van der Waals surface area contributed by atoms with Gasteiger partial charge < -0.3 is 9.84 Å². The first-order valence-electron chi connectivity index (χ1n) is 6.49. The summed E-state index contributed by atoms with van der Waals surface area (Å²) in [4.78, 5) is 16.1. The summed E-state index contributed by atoms with van der Waals surface area (Å²) in [6.07, 6.45) is 0.641. The number of halogens is 1. The molecule has 0 fully saturated rings. The molecule has 0 unspecified atom stereocenters. The number of carboxylic acid groups (broad SMARTS) is 1. The van der Waals surface area contributed by atoms with Gasteiger partial charge in [0.05, 0.1) is 17.8 Å². The molecule has 21 heavy (non-hydrogen) atoms. The van der Waals surface area contributed by atoms with Crippen molar-refractivity contribution >= 4 is 28.9 Å². The third-order valence-corrected chi connectivity index (χ3v) is 4.32. The van der Waals surface area contributed by atoms with Crippen molar-refractivity contribution in [1.82, 2.24) is 4.98 Å². The number of aromatic carboxylic acids is 1. The summed E-state index contributed by atoms with van der Waals surface area (Å²) in [6.45, 7) is 4.07. The van der Waals surface area contributed by atoms with E-state index < -0.39 is 5.97 Å². The molecule has 0 saturated heterocycles. The van der Waals surface area contributed by atoms with Crippen molar-refractivity contribution in [3.63, 3.8) is 0 Å². The van der Waals surface area contributed by atoms with E-state index in [1.807, 2.05) is 19.9 Å². The van der Waals surface area contributed by atoms with Crippen LogP contribution in [-0.4, -0.2) is 23.2 Å². The van der Waals surface area contributed by atoms with Crippen LogP contribution >= 0.6 is 22.9 Å². The third kappa shape index (κ3) is 3.54. The minimum atomic E-state index is -0.936. The molecule has 0 bridgehead atoms. The number of aromatic nitrogens is 1. The molecule has 0 amide bonds. The maximum atomic E-state index is 11.3. The number of nitrogens with zero attached hydrogens (tertiary/aromatic N) is 1. The summed E-state index contributed by atoms with van der Waals surface area (Å²) in [5.41, 5.74) is 1.42. The van der Waals surface area contributed by atoms with Crippen LogP contribution in [0.25, 0.3) is 10.6 Å². The summed E-state index contributed by atoms with van der Waals surface area (Å²) >= 11 is 7.28. The number of carboxylic acids is 1. The number of thiazole rings is 1. The highest BCUT2D eigenvalue weighted by Crippen LogP contribution is 2.34. The van der Waals surface area contributed by atoms with Gasteiger partial charge in [-0.2, -0.15) is 0 Å². The smallest absolute Gasteiger partial charge is 0.347 e. The zero-order chi connectivity index (χ0) is 15.6. The first kappa shape index (κ1) is 15.8. The van der Waals surface area contributed by atoms with E-state index in [-0.39, 0.29) is 0 Å². The van der Waals surface area contributed by atoms with E-state index in [1.54, 1.807) is 19.2 Å². The standard InChI is InChI=1S/C15H16ClNO3S/c1-8(2)6-11-13(15(18)19)21-14(17-11)9-4-5-12(20-3)10(16)7-9/h4-5,7-8H,6H2,1-3H3,(H,18,19). The lowest BCUT2D eigenvalue weighted by molar-refractivity contribution is 0.0700. The Bertz CT molecular complexity index is 667. The Hall–Kier alpha value is -1.59. The Morgan fingerprint density at radius 1 is 1.48 bits per heavy atom. The first-order chi connectivity index (χ1) is 9.92. The summed E-state index contributed by atoms with van der Waals surface area (Å²) in [5.74, 6) is -0.00986. The van der Waals surface area contributed by atoms with Gasteiger partial charge in [-0.1, -0.05) is 25.4 Å². The average Bonchev–Trinajstić information content (AvgIpc) is 2.81. The van der Waals surface area contributed by atoms with Crippen LogP contribution in [0.15, 0.2) is 18.2 Å². The van der Waals surface area contributed by atoms with Crippen LogP contribution in [0.2, 0.25) is 5.02 Å². The first-order valence-corrected chi connectivity index (χ1v) is 7.68. The van der Waals surface area contributed by atoms with Gasteiger partial charge in [-0.25, -0.2) is 9.78 Å². The molecule has 6 heteroatoms. The quantitative estimate of drug-likeness (QED) is 0.886. The Morgan fingerprint density at radius 3 is 2.71 bits per heavy atom. The molecule has 0 radical (unpaired) electrons. The van der Waals surface area contributed by atoms with E-state index in [0.29, 0.717) is 38.7 Å². The van der Waals surface area contributed by atoms with Crippen LogP contribution in [0.5, 0.6) is 5.75 Å². The van der Waals surface area contributed by atoms with Crippen molar-refractivity contribution in [3.8, 4) is 16.3 Å². The molecule has 0 saturated carbocycles. The van der Waals surface area contributed by atoms with Gasteiger partial charge in [-0.3, -0.25) is 0 Å². The lowest BCUT2D eigenvalue weighted by atomic mass is 10.1. The lowest BCUT2D eigenvalue weighted by Gasteiger charge is -2.04. The molecule has 0 spiro atoms. The minimum absolute atomic E-state index is 0.297. The van der Waals surface area contributed by atoms with Crippen molar-refractivity contribution in [1.29, 1.82) is 0 Å². The number of hydrogen-bond donors (Lipinski definition) is 1. The largest absolute Gasteiger partial charge is 0.495 e. The fourth-order valence-corrected chi connectivity index (χ4v) is 3.15. The van der Waals surface area contributed by atoms with Crippen molar-refractivity contribution in [2.45, 2.75) is 20.3 Å². The topological polar surface area (TPSA) is 59.4 Å². The second-order valence-electron chi connectivity index (χ2n) is 5.05. The van der Waals surface area contributed by atoms with Crippen LogP contribution in [0.1, 0.15) is 29.2 Å². The highest BCUT2D eigenvalue weighted by molar-refractivity contribution is 7.17. The molecule has 1 N–H and O–H groups in total. The van der Waals surface area contributed by atoms with Crippen molar-refractivity contribution in [3.05, 3.63) is 33.8 Å². The molecular formula is C15H16ClNO3S. The number of methoxy groups -OCH3 is 1. The van der Waals surface area contributed by atoms with Gasteiger partial charge in [0, 0.05) is 5.56 Å². The van der Waals surface area contributed by atoms with Crippen LogP contribution in [-0.2, 0) is 6.42 Å². The molecule has 112 valence electrons. The van der Waals surface area contributed by atoms with E-state index in [0.717, 1.165) is 5.56 Å². The molecule has 1 heterocycles. The Kier molecular flexibility index (Phi) is 4.85. The molecule has 0 atom stereocenters. The molecule has 1 aromatic carbocycles. The monoisotopic (exact) mass is 325 g/mol. The zero-order valence-corrected chi connectivity index (χ0v) is 13.6. The fourth-order valence-electron chi connectivity index (χ4n) is 1.97. The average molecular weight is 326 g/mol. The molecular weight excluding hydrogens is 310 g/mol. The highest BCUT2D eigenvalue weighted by atomic mass is 35.5. The van der Waals surface area contributed by atoms with Gasteiger partial charge in [0.2, 0.25) is 0 Å². The SMILES string of the molecule is COc1ccc(-c2nc(CC(C)C)c(C(=O)O)s2)cc1Cl. The third-order valence-electron chi connectivity index (χ3n) is 2.89. The minimum Gasteiger partial charge on any atom is -0.495 e. The number of hydrogen-bond acceptors (Lipinski definition) is 4. The Morgan fingerprint density at radius 2 is 2.19 bits per heavy atom. The summed E-state index contributed by atoms with van der Waals surface area (Å²) in [7, 11) is 1.55. The molecule has 2 aromatic rings. The molecule has 4 nitrogen and oxygen atoms in total. The van der Waals surface area contributed by atoms with Crippen molar-refractivity contribution in [2.75, 3.05) is 7.11 Å². The number of carbonyl (C=O) groups is 1. The maximum absolute atomic E-state index is 11.3. The summed E-state index contributed by atoms with van der Waals surface area (Å²) in [6, 6.07) is 5.32. The van der Waals surface area contributed by atoms with E-state index >= 15 is 0 Å². The van der Waals surface area contributed by atoms with Crippen LogP contribution in [0.3, 0.4) is 0 Å². The predicted molar refractivity (Wildman–Crippen MR) is 84.6 cm³/mol. The molecule has 0 aliphatic heterocycles. The predicted octanol–water partition coefficient (Wildman–Crippen LogP) is 4.37. The maximum Gasteiger partial charge on any atom is 0.347 e. The van der Waals surface area contributed by atoms with Gasteiger partial charge in [0.15, 0.2) is 0 Å². The summed E-state index contributed by atoms with van der Waals surface area (Å²) in [5, 5.41) is 10.4. The van der Waals surface area contributed by atoms with Crippen LogP contribution in [0, 0.1) is 5.92 Å². The van der Waals surface area contributed by atoms with Gasteiger partial charge in [-0.05, 0) is 30.5 Å².